The minimum Gasteiger partial charge on any atom is -0.378 e. The summed E-state index contributed by atoms with van der Waals surface area (Å²) in [5.74, 6) is -1.46. The van der Waals surface area contributed by atoms with Crippen LogP contribution in [-0.4, -0.2) is 42.2 Å². The minimum absolute atomic E-state index is 0.224. The van der Waals surface area contributed by atoms with Gasteiger partial charge in [-0.2, -0.15) is 10.2 Å². The number of fused-ring (bicyclic) bond motifs is 1. The Hall–Kier alpha value is -3.18. The molecule has 0 spiro atoms. The molecule has 1 amide bonds. The van der Waals surface area contributed by atoms with Gasteiger partial charge >= 0.3 is 0 Å². The molecule has 1 fully saturated rings. The number of carbonyl (C=O) groups is 1. The topological polar surface area (TPSA) is 111 Å². The first-order valence-corrected chi connectivity index (χ1v) is 8.82. The van der Waals surface area contributed by atoms with Crippen LogP contribution in [0.2, 0.25) is 0 Å². The highest BCUT2D eigenvalue weighted by molar-refractivity contribution is 5.97. The van der Waals surface area contributed by atoms with Crippen LogP contribution < -0.4 is 15.8 Å². The van der Waals surface area contributed by atoms with Crippen molar-refractivity contribution < 1.29 is 9.53 Å². The number of benzene rings is 1. The minimum atomic E-state index is -0.989. The number of hydrogen-bond donors (Lipinski definition) is 2. The van der Waals surface area contributed by atoms with Crippen molar-refractivity contribution in [3.63, 3.8) is 0 Å². The highest BCUT2D eigenvalue weighted by atomic mass is 16.5. The SMILES string of the molecule is Cc1ccc([C@@H]2c3c(nc(N4CCOCC4)[nH]c3=O)NC(=O)[C@@H]2C#N)cc1. The first kappa shape index (κ1) is 17.2. The van der Waals surface area contributed by atoms with Gasteiger partial charge in [0.2, 0.25) is 11.9 Å². The molecule has 138 valence electrons. The molecule has 0 radical (unpaired) electrons. The number of hydrogen-bond acceptors (Lipinski definition) is 6. The molecule has 0 saturated carbocycles. The van der Waals surface area contributed by atoms with Crippen LogP contribution in [-0.2, 0) is 9.53 Å². The maximum Gasteiger partial charge on any atom is 0.258 e. The quantitative estimate of drug-likeness (QED) is 0.826. The molecule has 0 aliphatic carbocycles. The number of aryl methyl sites for hydroxylation is 1. The summed E-state index contributed by atoms with van der Waals surface area (Å²) in [6.07, 6.45) is 0. The van der Waals surface area contributed by atoms with Crippen molar-refractivity contribution in [3.05, 3.63) is 51.3 Å². The van der Waals surface area contributed by atoms with Crippen molar-refractivity contribution in [2.75, 3.05) is 36.5 Å². The number of ether oxygens (including phenoxy) is 1. The van der Waals surface area contributed by atoms with Crippen molar-refractivity contribution in [1.29, 1.82) is 5.26 Å². The van der Waals surface area contributed by atoms with E-state index >= 15 is 0 Å². The number of morpholine rings is 1. The Morgan fingerprint density at radius 2 is 1.93 bits per heavy atom. The zero-order valence-corrected chi connectivity index (χ0v) is 14.9. The summed E-state index contributed by atoms with van der Waals surface area (Å²) in [5, 5.41) is 12.2. The van der Waals surface area contributed by atoms with Gasteiger partial charge in [0.05, 0.1) is 24.8 Å². The molecule has 8 nitrogen and oxygen atoms in total. The second-order valence-corrected chi connectivity index (χ2v) is 6.74. The number of nitrogens with one attached hydrogen (secondary N) is 2. The Bertz CT molecular complexity index is 970. The van der Waals surface area contributed by atoms with Crippen molar-refractivity contribution in [2.24, 2.45) is 5.92 Å². The number of anilines is 2. The predicted octanol–water partition coefficient (Wildman–Crippen LogP) is 1.14. The van der Waals surface area contributed by atoms with Gasteiger partial charge in [-0.15, -0.1) is 0 Å². The molecular formula is C19H19N5O3. The van der Waals surface area contributed by atoms with Gasteiger partial charge in [-0.25, -0.2) is 0 Å². The predicted molar refractivity (Wildman–Crippen MR) is 98.6 cm³/mol. The van der Waals surface area contributed by atoms with Gasteiger partial charge in [0, 0.05) is 19.0 Å². The number of carbonyl (C=O) groups excluding carboxylic acids is 1. The lowest BCUT2D eigenvalue weighted by Crippen LogP contribution is -2.41. The molecule has 2 atom stereocenters. The average molecular weight is 365 g/mol. The standard InChI is InChI=1S/C19H19N5O3/c1-11-2-4-12(5-3-11)14-13(10-20)17(25)21-16-15(14)18(26)23-19(22-16)24-6-8-27-9-7-24/h2-5,13-14H,6-9H2,1H3,(H2,21,22,23,25,26)/t13-,14+/m1/s1. The fourth-order valence-electron chi connectivity index (χ4n) is 3.56. The number of amides is 1. The van der Waals surface area contributed by atoms with E-state index in [0.717, 1.165) is 11.1 Å². The van der Waals surface area contributed by atoms with E-state index in [1.165, 1.54) is 0 Å². The Kier molecular flexibility index (Phi) is 4.38. The number of H-pyrrole nitrogens is 1. The molecule has 2 aromatic rings. The summed E-state index contributed by atoms with van der Waals surface area (Å²) >= 11 is 0. The molecule has 1 aromatic carbocycles. The van der Waals surface area contributed by atoms with Gasteiger partial charge in [0.15, 0.2) is 0 Å². The van der Waals surface area contributed by atoms with Crippen LogP contribution in [0.15, 0.2) is 29.1 Å². The van der Waals surface area contributed by atoms with Gasteiger partial charge in [-0.1, -0.05) is 29.8 Å². The van der Waals surface area contributed by atoms with E-state index in [2.05, 4.69) is 15.3 Å². The number of aromatic amines is 1. The van der Waals surface area contributed by atoms with Crippen LogP contribution in [0.1, 0.15) is 22.6 Å². The van der Waals surface area contributed by atoms with Crippen LogP contribution >= 0.6 is 0 Å². The monoisotopic (exact) mass is 365 g/mol. The molecule has 3 heterocycles. The lowest BCUT2D eigenvalue weighted by molar-refractivity contribution is -0.119. The van der Waals surface area contributed by atoms with Gasteiger partial charge in [0.25, 0.3) is 5.56 Å². The van der Waals surface area contributed by atoms with Gasteiger partial charge in [-0.05, 0) is 12.5 Å². The molecule has 27 heavy (non-hydrogen) atoms. The first-order chi connectivity index (χ1) is 13.1. The Labute approximate surface area is 155 Å². The smallest absolute Gasteiger partial charge is 0.258 e. The maximum atomic E-state index is 12.9. The lowest BCUT2D eigenvalue weighted by Gasteiger charge is -2.31. The van der Waals surface area contributed by atoms with E-state index in [1.807, 2.05) is 42.2 Å². The summed E-state index contributed by atoms with van der Waals surface area (Å²) in [6, 6.07) is 9.55. The molecule has 2 aliphatic heterocycles. The number of nitrogens with zero attached hydrogens (tertiary/aromatic N) is 3. The third kappa shape index (κ3) is 3.06. The van der Waals surface area contributed by atoms with Crippen molar-refractivity contribution in [3.8, 4) is 6.07 Å². The summed E-state index contributed by atoms with van der Waals surface area (Å²) in [5.41, 5.74) is 1.78. The van der Waals surface area contributed by atoms with E-state index in [0.29, 0.717) is 37.8 Å². The summed E-state index contributed by atoms with van der Waals surface area (Å²) in [6.45, 7) is 4.27. The average Bonchev–Trinajstić information content (AvgIpc) is 2.68. The van der Waals surface area contributed by atoms with Crippen molar-refractivity contribution in [1.82, 2.24) is 9.97 Å². The second-order valence-electron chi connectivity index (χ2n) is 6.74. The third-order valence-electron chi connectivity index (χ3n) is 5.00. The van der Waals surface area contributed by atoms with Crippen LogP contribution in [0.4, 0.5) is 11.8 Å². The van der Waals surface area contributed by atoms with E-state index in [9.17, 15) is 14.9 Å². The van der Waals surface area contributed by atoms with Crippen LogP contribution in [0.5, 0.6) is 0 Å². The molecule has 8 heteroatoms. The zero-order valence-electron chi connectivity index (χ0n) is 14.9. The van der Waals surface area contributed by atoms with Crippen LogP contribution in [0.25, 0.3) is 0 Å². The van der Waals surface area contributed by atoms with Gasteiger partial charge in [-0.3, -0.25) is 14.6 Å². The van der Waals surface area contributed by atoms with E-state index in [4.69, 9.17) is 4.74 Å². The molecule has 4 rings (SSSR count). The van der Waals surface area contributed by atoms with E-state index in [-0.39, 0.29) is 11.4 Å². The maximum absolute atomic E-state index is 12.9. The lowest BCUT2D eigenvalue weighted by atomic mass is 9.79. The highest BCUT2D eigenvalue weighted by Crippen LogP contribution is 2.38. The highest BCUT2D eigenvalue weighted by Gasteiger charge is 2.40. The van der Waals surface area contributed by atoms with E-state index in [1.54, 1.807) is 0 Å². The third-order valence-corrected chi connectivity index (χ3v) is 5.00. The van der Waals surface area contributed by atoms with Crippen molar-refractivity contribution in [2.45, 2.75) is 12.8 Å². The van der Waals surface area contributed by atoms with E-state index < -0.39 is 17.7 Å². The molecule has 0 bridgehead atoms. The van der Waals surface area contributed by atoms with Gasteiger partial charge < -0.3 is 15.0 Å². The van der Waals surface area contributed by atoms with Crippen LogP contribution in [0.3, 0.4) is 0 Å². The molecule has 1 saturated heterocycles. The summed E-state index contributed by atoms with van der Waals surface area (Å²) < 4.78 is 5.33. The van der Waals surface area contributed by atoms with Crippen LogP contribution in [0, 0.1) is 24.2 Å². The molecule has 0 unspecified atom stereocenters. The number of nitriles is 1. The fraction of sp³-hybridized carbons (Fsp3) is 0.368. The summed E-state index contributed by atoms with van der Waals surface area (Å²) in [4.78, 5) is 34.7. The summed E-state index contributed by atoms with van der Waals surface area (Å²) in [7, 11) is 0. The second kappa shape index (κ2) is 6.85. The molecule has 1 aromatic heterocycles. The number of aromatic nitrogens is 2. The molecule has 2 aliphatic rings. The normalized spacial score (nSPS) is 21.9. The Balaban J connectivity index is 1.84. The largest absolute Gasteiger partial charge is 0.378 e. The molecular weight excluding hydrogens is 346 g/mol. The fourth-order valence-corrected chi connectivity index (χ4v) is 3.56. The van der Waals surface area contributed by atoms with Crippen molar-refractivity contribution >= 4 is 17.7 Å². The Morgan fingerprint density at radius 3 is 2.59 bits per heavy atom. The molecule has 2 N–H and O–H groups in total. The first-order valence-electron chi connectivity index (χ1n) is 8.82. The Morgan fingerprint density at radius 1 is 1.22 bits per heavy atom. The zero-order chi connectivity index (χ0) is 19.0. The van der Waals surface area contributed by atoms with Gasteiger partial charge in [0.1, 0.15) is 11.7 Å². The number of rotatable bonds is 2.